The molecule has 0 aromatic rings. The number of hydrogen-bond donors (Lipinski definition) is 1. The van der Waals surface area contributed by atoms with Gasteiger partial charge in [-0.15, -0.1) is 0 Å². The lowest BCUT2D eigenvalue weighted by Crippen LogP contribution is -2.46. The van der Waals surface area contributed by atoms with Gasteiger partial charge in [0, 0.05) is 12.1 Å². The van der Waals surface area contributed by atoms with Crippen molar-refractivity contribution in [2.24, 2.45) is 0 Å². The SMILES string of the molecule is CCCCN(C(C)CC)C(C)C(O)CC. The maximum Gasteiger partial charge on any atom is 0.0690 e. The van der Waals surface area contributed by atoms with Crippen molar-refractivity contribution in [2.45, 2.75) is 78.5 Å². The fraction of sp³-hybridized carbons (Fsp3) is 1.00. The van der Waals surface area contributed by atoms with E-state index in [1.807, 2.05) is 0 Å². The lowest BCUT2D eigenvalue weighted by Gasteiger charge is -2.36. The molecule has 0 radical (unpaired) electrons. The van der Waals surface area contributed by atoms with Crippen molar-refractivity contribution in [1.29, 1.82) is 0 Å². The molecule has 1 N–H and O–H groups in total. The summed E-state index contributed by atoms with van der Waals surface area (Å²) in [5.74, 6) is 0. The fourth-order valence-corrected chi connectivity index (χ4v) is 1.96. The Kier molecular flexibility index (Phi) is 8.07. The summed E-state index contributed by atoms with van der Waals surface area (Å²) < 4.78 is 0. The van der Waals surface area contributed by atoms with Crippen molar-refractivity contribution in [3.8, 4) is 0 Å². The summed E-state index contributed by atoms with van der Waals surface area (Å²) in [6.45, 7) is 12.0. The molecule has 0 heterocycles. The smallest absolute Gasteiger partial charge is 0.0690 e. The molecule has 0 saturated heterocycles. The van der Waals surface area contributed by atoms with E-state index in [-0.39, 0.29) is 12.1 Å². The van der Waals surface area contributed by atoms with Crippen LogP contribution in [0.5, 0.6) is 0 Å². The Morgan fingerprint density at radius 3 is 2.07 bits per heavy atom. The summed E-state index contributed by atoms with van der Waals surface area (Å²) in [7, 11) is 0. The Bertz CT molecular complexity index is 149. The molecule has 0 aliphatic heterocycles. The Balaban J connectivity index is 4.32. The van der Waals surface area contributed by atoms with Gasteiger partial charge in [0.2, 0.25) is 0 Å². The highest BCUT2D eigenvalue weighted by Crippen LogP contribution is 2.14. The molecular weight excluding hydrogens is 186 g/mol. The van der Waals surface area contributed by atoms with Gasteiger partial charge in [-0.05, 0) is 39.7 Å². The van der Waals surface area contributed by atoms with E-state index in [0.29, 0.717) is 6.04 Å². The van der Waals surface area contributed by atoms with E-state index in [2.05, 4.69) is 39.5 Å². The minimum absolute atomic E-state index is 0.184. The molecule has 92 valence electrons. The third kappa shape index (κ3) is 4.98. The molecule has 3 unspecified atom stereocenters. The highest BCUT2D eigenvalue weighted by Gasteiger charge is 2.23. The van der Waals surface area contributed by atoms with Crippen molar-refractivity contribution in [2.75, 3.05) is 6.54 Å². The summed E-state index contributed by atoms with van der Waals surface area (Å²) in [6, 6.07) is 0.865. The number of nitrogens with zero attached hydrogens (tertiary/aromatic N) is 1. The Labute approximate surface area is 95.7 Å². The van der Waals surface area contributed by atoms with Crippen LogP contribution in [0.25, 0.3) is 0 Å². The van der Waals surface area contributed by atoms with Gasteiger partial charge < -0.3 is 5.11 Å². The average Bonchev–Trinajstić information content (AvgIpc) is 2.27. The van der Waals surface area contributed by atoms with Gasteiger partial charge in [0.25, 0.3) is 0 Å². The molecule has 0 aliphatic carbocycles. The fourth-order valence-electron chi connectivity index (χ4n) is 1.96. The second-order valence-electron chi connectivity index (χ2n) is 4.56. The largest absolute Gasteiger partial charge is 0.392 e. The van der Waals surface area contributed by atoms with Crippen LogP contribution in [0.4, 0.5) is 0 Å². The van der Waals surface area contributed by atoms with E-state index < -0.39 is 0 Å². The quantitative estimate of drug-likeness (QED) is 0.672. The summed E-state index contributed by atoms with van der Waals surface area (Å²) in [4.78, 5) is 2.46. The molecule has 0 spiro atoms. The second-order valence-corrected chi connectivity index (χ2v) is 4.56. The zero-order valence-corrected chi connectivity index (χ0v) is 11.2. The summed E-state index contributed by atoms with van der Waals surface area (Å²) >= 11 is 0. The first-order valence-electron chi connectivity index (χ1n) is 6.52. The lowest BCUT2D eigenvalue weighted by atomic mass is 10.0. The van der Waals surface area contributed by atoms with Gasteiger partial charge in [-0.25, -0.2) is 0 Å². The van der Waals surface area contributed by atoms with Crippen LogP contribution in [0.1, 0.15) is 60.3 Å². The molecule has 0 amide bonds. The zero-order chi connectivity index (χ0) is 11.8. The van der Waals surface area contributed by atoms with E-state index in [4.69, 9.17) is 0 Å². The van der Waals surface area contributed by atoms with Crippen LogP contribution < -0.4 is 0 Å². The minimum Gasteiger partial charge on any atom is -0.392 e. The third-order valence-corrected chi connectivity index (χ3v) is 3.43. The van der Waals surface area contributed by atoms with Crippen molar-refractivity contribution >= 4 is 0 Å². The van der Waals surface area contributed by atoms with Crippen LogP contribution in [0, 0.1) is 0 Å². The molecule has 0 aromatic carbocycles. The summed E-state index contributed by atoms with van der Waals surface area (Å²) in [5.41, 5.74) is 0. The van der Waals surface area contributed by atoms with E-state index in [1.54, 1.807) is 0 Å². The molecule has 0 saturated carbocycles. The molecule has 2 heteroatoms. The van der Waals surface area contributed by atoms with Crippen LogP contribution in [0.2, 0.25) is 0 Å². The molecule has 2 nitrogen and oxygen atoms in total. The Morgan fingerprint density at radius 1 is 1.07 bits per heavy atom. The van der Waals surface area contributed by atoms with Gasteiger partial charge in [-0.2, -0.15) is 0 Å². The maximum atomic E-state index is 9.90. The monoisotopic (exact) mass is 215 g/mol. The lowest BCUT2D eigenvalue weighted by molar-refractivity contribution is 0.0330. The van der Waals surface area contributed by atoms with Gasteiger partial charge in [0.15, 0.2) is 0 Å². The van der Waals surface area contributed by atoms with Gasteiger partial charge in [-0.1, -0.05) is 27.2 Å². The first kappa shape index (κ1) is 14.9. The van der Waals surface area contributed by atoms with Crippen LogP contribution in [-0.2, 0) is 0 Å². The molecule has 15 heavy (non-hydrogen) atoms. The normalized spacial score (nSPS) is 17.8. The van der Waals surface area contributed by atoms with E-state index in [1.165, 1.54) is 12.8 Å². The van der Waals surface area contributed by atoms with Crippen molar-refractivity contribution in [3.63, 3.8) is 0 Å². The van der Waals surface area contributed by atoms with E-state index in [9.17, 15) is 5.11 Å². The highest BCUT2D eigenvalue weighted by molar-refractivity contribution is 4.78. The van der Waals surface area contributed by atoms with E-state index in [0.717, 1.165) is 19.4 Å². The predicted octanol–water partition coefficient (Wildman–Crippen LogP) is 3.05. The highest BCUT2D eigenvalue weighted by atomic mass is 16.3. The topological polar surface area (TPSA) is 23.5 Å². The van der Waals surface area contributed by atoms with Gasteiger partial charge in [-0.3, -0.25) is 4.90 Å². The average molecular weight is 215 g/mol. The van der Waals surface area contributed by atoms with Crippen molar-refractivity contribution in [1.82, 2.24) is 4.90 Å². The first-order valence-corrected chi connectivity index (χ1v) is 6.52. The minimum atomic E-state index is -0.184. The molecule has 0 bridgehead atoms. The Morgan fingerprint density at radius 2 is 1.67 bits per heavy atom. The number of aliphatic hydroxyl groups is 1. The van der Waals surface area contributed by atoms with Crippen molar-refractivity contribution in [3.05, 3.63) is 0 Å². The number of rotatable bonds is 8. The predicted molar refractivity (Wildman–Crippen MR) is 67.1 cm³/mol. The first-order chi connectivity index (χ1) is 7.08. The molecule has 3 atom stereocenters. The zero-order valence-electron chi connectivity index (χ0n) is 11.2. The van der Waals surface area contributed by atoms with Crippen molar-refractivity contribution < 1.29 is 5.11 Å². The van der Waals surface area contributed by atoms with Gasteiger partial charge in [0.05, 0.1) is 6.10 Å². The van der Waals surface area contributed by atoms with Gasteiger partial charge >= 0.3 is 0 Å². The van der Waals surface area contributed by atoms with Crippen LogP contribution in [0.15, 0.2) is 0 Å². The molecule has 0 aromatic heterocycles. The third-order valence-electron chi connectivity index (χ3n) is 3.43. The number of hydrogen-bond acceptors (Lipinski definition) is 2. The van der Waals surface area contributed by atoms with E-state index >= 15 is 0 Å². The molecule has 0 rings (SSSR count). The molecule has 0 aliphatic rings. The van der Waals surface area contributed by atoms with Crippen LogP contribution in [0.3, 0.4) is 0 Å². The maximum absolute atomic E-state index is 9.90. The second kappa shape index (κ2) is 8.12. The number of unbranched alkanes of at least 4 members (excludes halogenated alkanes) is 1. The van der Waals surface area contributed by atoms with Crippen LogP contribution in [-0.4, -0.2) is 34.7 Å². The number of aliphatic hydroxyl groups excluding tert-OH is 1. The Hall–Kier alpha value is -0.0800. The van der Waals surface area contributed by atoms with Crippen LogP contribution >= 0.6 is 0 Å². The molecule has 0 fully saturated rings. The molecular formula is C13H29NO. The standard InChI is InChI=1S/C13H29NO/c1-6-9-10-14(11(4)7-2)12(5)13(15)8-3/h11-13,15H,6-10H2,1-5H3. The van der Waals surface area contributed by atoms with Gasteiger partial charge in [0.1, 0.15) is 0 Å². The summed E-state index contributed by atoms with van der Waals surface area (Å²) in [6.07, 6.45) is 4.27. The summed E-state index contributed by atoms with van der Waals surface area (Å²) in [5, 5.41) is 9.90.